The van der Waals surface area contributed by atoms with Crippen LogP contribution in [0.5, 0.6) is 0 Å². The minimum Gasteiger partial charge on any atom is -0.369 e. The molecule has 0 spiro atoms. The molecule has 0 aromatic heterocycles. The Balaban J connectivity index is 2.69. The van der Waals surface area contributed by atoms with Crippen molar-refractivity contribution in [3.8, 4) is 0 Å². The van der Waals surface area contributed by atoms with E-state index in [1.165, 1.54) is 30.3 Å². The quantitative estimate of drug-likeness (QED) is 0.262. The van der Waals surface area contributed by atoms with Crippen molar-refractivity contribution in [3.05, 3.63) is 47.2 Å². The molecule has 0 aliphatic carbocycles. The molecule has 0 N–H and O–H groups in total. The molecule has 13 heteroatoms. The summed E-state index contributed by atoms with van der Waals surface area (Å²) in [7, 11) is 0. The Morgan fingerprint density at radius 1 is 0.781 bits per heavy atom. The second kappa shape index (κ2) is 8.54. The van der Waals surface area contributed by atoms with E-state index in [0.717, 1.165) is 0 Å². The Bertz CT molecular complexity index is 841. The molecular weight excluding hydrogens is 467 g/mol. The Kier molecular flexibility index (Phi) is 6.92. The first kappa shape index (κ1) is 25.9. The lowest BCUT2D eigenvalue weighted by Gasteiger charge is -2.40. The van der Waals surface area contributed by atoms with Crippen molar-refractivity contribution >= 4 is 6.29 Å². The molecule has 2 nitrogen and oxygen atoms in total. The summed E-state index contributed by atoms with van der Waals surface area (Å²) >= 11 is 0. The molecule has 1 saturated heterocycles. The molecular formula is C19H16F11NO. The standard InChI is InChI=1S/C19H16F11NO/c20-15(21,16(22,23)17(24,25)18(26,27)19(28,29)30)14(31-8-4-5-9-31)13(11-32)10-12-6-2-1-3-7-12/h1-3,6-7,11H,4-5,8-10H2/b14-13-. The number of halogens is 11. The number of benzene rings is 1. The molecule has 0 bridgehead atoms. The van der Waals surface area contributed by atoms with E-state index in [1.807, 2.05) is 0 Å². The summed E-state index contributed by atoms with van der Waals surface area (Å²) in [5.41, 5.74) is -3.04. The highest BCUT2D eigenvalue weighted by Gasteiger charge is 2.88. The lowest BCUT2D eigenvalue weighted by atomic mass is 9.91. The first-order valence-electron chi connectivity index (χ1n) is 9.08. The zero-order valence-corrected chi connectivity index (χ0v) is 16.0. The number of hydrogen-bond acceptors (Lipinski definition) is 2. The summed E-state index contributed by atoms with van der Waals surface area (Å²) < 4.78 is 149. The number of hydrogen-bond donors (Lipinski definition) is 0. The largest absolute Gasteiger partial charge is 0.460 e. The van der Waals surface area contributed by atoms with Crippen molar-refractivity contribution in [2.24, 2.45) is 0 Å². The Morgan fingerprint density at radius 2 is 1.28 bits per heavy atom. The van der Waals surface area contributed by atoms with Crippen LogP contribution in [0.4, 0.5) is 48.3 Å². The van der Waals surface area contributed by atoms with Gasteiger partial charge in [-0.1, -0.05) is 30.3 Å². The summed E-state index contributed by atoms with van der Waals surface area (Å²) in [6.07, 6.45) is -8.13. The van der Waals surface area contributed by atoms with E-state index in [1.54, 1.807) is 0 Å². The molecule has 0 atom stereocenters. The van der Waals surface area contributed by atoms with Gasteiger partial charge in [0.2, 0.25) is 0 Å². The van der Waals surface area contributed by atoms with Crippen LogP contribution in [0.15, 0.2) is 41.6 Å². The van der Waals surface area contributed by atoms with Crippen LogP contribution in [0.25, 0.3) is 0 Å². The van der Waals surface area contributed by atoms with Crippen molar-refractivity contribution in [2.75, 3.05) is 13.1 Å². The van der Waals surface area contributed by atoms with Crippen molar-refractivity contribution in [2.45, 2.75) is 49.1 Å². The van der Waals surface area contributed by atoms with Crippen LogP contribution in [0.2, 0.25) is 0 Å². The predicted molar refractivity (Wildman–Crippen MR) is 89.9 cm³/mol. The maximum absolute atomic E-state index is 14.9. The topological polar surface area (TPSA) is 20.3 Å². The predicted octanol–water partition coefficient (Wildman–Crippen LogP) is 5.88. The van der Waals surface area contributed by atoms with Gasteiger partial charge in [-0.05, 0) is 18.4 Å². The van der Waals surface area contributed by atoms with Crippen molar-refractivity contribution in [1.82, 2.24) is 4.90 Å². The molecule has 32 heavy (non-hydrogen) atoms. The average Bonchev–Trinajstić information content (AvgIpc) is 3.20. The third kappa shape index (κ3) is 4.17. The molecule has 1 fully saturated rings. The fourth-order valence-corrected chi connectivity index (χ4v) is 3.26. The highest BCUT2D eigenvalue weighted by molar-refractivity contribution is 5.76. The van der Waals surface area contributed by atoms with Crippen LogP contribution in [0.3, 0.4) is 0 Å². The van der Waals surface area contributed by atoms with Gasteiger partial charge in [-0.2, -0.15) is 48.3 Å². The van der Waals surface area contributed by atoms with Gasteiger partial charge >= 0.3 is 29.9 Å². The number of likely N-dealkylation sites (tertiary alicyclic amines) is 1. The van der Waals surface area contributed by atoms with Crippen LogP contribution in [0, 0.1) is 0 Å². The van der Waals surface area contributed by atoms with E-state index in [4.69, 9.17) is 0 Å². The van der Waals surface area contributed by atoms with Gasteiger partial charge in [0.05, 0.1) is 5.70 Å². The first-order valence-corrected chi connectivity index (χ1v) is 9.08. The first-order chi connectivity index (χ1) is 14.5. The van der Waals surface area contributed by atoms with Crippen LogP contribution >= 0.6 is 0 Å². The number of alkyl halides is 11. The van der Waals surface area contributed by atoms with Crippen LogP contribution in [0.1, 0.15) is 18.4 Å². The smallest absolute Gasteiger partial charge is 0.369 e. The van der Waals surface area contributed by atoms with Gasteiger partial charge in [0.15, 0.2) is 0 Å². The zero-order chi connectivity index (χ0) is 24.6. The number of allylic oxidation sites excluding steroid dienone is 2. The van der Waals surface area contributed by atoms with Gasteiger partial charge in [0.1, 0.15) is 6.29 Å². The summed E-state index contributed by atoms with van der Waals surface area (Å²) in [6, 6.07) is 6.83. The SMILES string of the molecule is O=C/C(Cc1ccccc1)=C(\N1CCCC1)C(F)(F)C(F)(F)C(F)(F)C(F)(F)C(F)(F)F. The molecule has 1 aliphatic rings. The van der Waals surface area contributed by atoms with Gasteiger partial charge in [-0.15, -0.1) is 0 Å². The van der Waals surface area contributed by atoms with Gasteiger partial charge in [0, 0.05) is 25.1 Å². The molecule has 0 unspecified atom stereocenters. The van der Waals surface area contributed by atoms with Crippen molar-refractivity contribution in [1.29, 1.82) is 0 Å². The Morgan fingerprint density at radius 3 is 1.72 bits per heavy atom. The lowest BCUT2D eigenvalue weighted by molar-refractivity contribution is -0.419. The van der Waals surface area contributed by atoms with Gasteiger partial charge in [-0.25, -0.2) is 0 Å². The highest BCUT2D eigenvalue weighted by Crippen LogP contribution is 2.59. The van der Waals surface area contributed by atoms with E-state index in [0.29, 0.717) is 4.90 Å². The van der Waals surface area contributed by atoms with Crippen molar-refractivity contribution in [3.63, 3.8) is 0 Å². The van der Waals surface area contributed by atoms with Crippen LogP contribution in [-0.2, 0) is 11.2 Å². The normalized spacial score (nSPS) is 17.4. The third-order valence-corrected chi connectivity index (χ3v) is 4.94. The average molecular weight is 483 g/mol. The number of rotatable bonds is 8. The molecule has 180 valence electrons. The maximum Gasteiger partial charge on any atom is 0.460 e. The number of aldehydes is 1. The lowest BCUT2D eigenvalue weighted by Crippen LogP contribution is -2.67. The molecule has 1 heterocycles. The van der Waals surface area contributed by atoms with Gasteiger partial charge < -0.3 is 4.90 Å². The summed E-state index contributed by atoms with van der Waals surface area (Å²) in [4.78, 5) is 11.9. The number of carbonyl (C=O) groups is 1. The van der Waals surface area contributed by atoms with E-state index in [9.17, 15) is 53.1 Å². The van der Waals surface area contributed by atoms with Gasteiger partial charge in [0.25, 0.3) is 0 Å². The molecule has 0 amide bonds. The van der Waals surface area contributed by atoms with Crippen LogP contribution in [-0.4, -0.2) is 54.1 Å². The molecule has 0 radical (unpaired) electrons. The summed E-state index contributed by atoms with van der Waals surface area (Å²) in [5.74, 6) is -28.5. The molecule has 1 aromatic carbocycles. The van der Waals surface area contributed by atoms with E-state index in [2.05, 4.69) is 0 Å². The van der Waals surface area contributed by atoms with Crippen molar-refractivity contribution < 1.29 is 53.1 Å². The number of carbonyl (C=O) groups excluding carboxylic acids is 1. The number of nitrogens with zero attached hydrogens (tertiary/aromatic N) is 1. The van der Waals surface area contributed by atoms with Crippen LogP contribution < -0.4 is 0 Å². The second-order valence-electron chi connectivity index (χ2n) is 7.14. The fourth-order valence-electron chi connectivity index (χ4n) is 3.26. The zero-order valence-electron chi connectivity index (χ0n) is 16.0. The van der Waals surface area contributed by atoms with E-state index in [-0.39, 0.29) is 24.7 Å². The second-order valence-corrected chi connectivity index (χ2v) is 7.14. The van der Waals surface area contributed by atoms with E-state index < -0.39 is 60.6 Å². The maximum atomic E-state index is 14.9. The Labute approximate surface area is 174 Å². The fraction of sp³-hybridized carbons (Fsp3) is 0.526. The minimum absolute atomic E-state index is 0.109. The highest BCUT2D eigenvalue weighted by atomic mass is 19.4. The Hall–Kier alpha value is -2.34. The van der Waals surface area contributed by atoms with Gasteiger partial charge in [-0.3, -0.25) is 4.79 Å². The minimum atomic E-state index is -7.53. The summed E-state index contributed by atoms with van der Waals surface area (Å²) in [5, 5.41) is 0. The molecule has 1 aromatic rings. The monoisotopic (exact) mass is 483 g/mol. The molecule has 0 saturated carbocycles. The third-order valence-electron chi connectivity index (χ3n) is 4.94. The van der Waals surface area contributed by atoms with E-state index >= 15 is 0 Å². The summed E-state index contributed by atoms with van der Waals surface area (Å²) in [6.45, 7) is -0.845. The molecule has 2 rings (SSSR count). The molecule has 1 aliphatic heterocycles.